The summed E-state index contributed by atoms with van der Waals surface area (Å²) < 4.78 is 5.20. The van der Waals surface area contributed by atoms with Crippen molar-refractivity contribution >= 4 is 5.91 Å². The Hall–Kier alpha value is -0.570. The first-order valence-corrected chi connectivity index (χ1v) is 5.05. The molecule has 1 amide bonds. The van der Waals surface area contributed by atoms with Gasteiger partial charge < -0.3 is 10.1 Å². The molecule has 3 nitrogen and oxygen atoms in total. The van der Waals surface area contributed by atoms with E-state index in [9.17, 15) is 4.79 Å². The molecular formula is C10H19NO2. The van der Waals surface area contributed by atoms with Gasteiger partial charge in [0.05, 0.1) is 0 Å². The van der Waals surface area contributed by atoms with Gasteiger partial charge in [0.1, 0.15) is 0 Å². The number of amides is 1. The third-order valence-electron chi connectivity index (χ3n) is 2.28. The maximum Gasteiger partial charge on any atom is 0.223 e. The lowest BCUT2D eigenvalue weighted by Crippen LogP contribution is -2.36. The molecule has 0 spiro atoms. The molecule has 0 saturated carbocycles. The van der Waals surface area contributed by atoms with E-state index in [4.69, 9.17) is 4.74 Å². The van der Waals surface area contributed by atoms with Crippen LogP contribution in [-0.4, -0.2) is 25.7 Å². The Morgan fingerprint density at radius 1 is 1.46 bits per heavy atom. The van der Waals surface area contributed by atoms with Gasteiger partial charge in [0.2, 0.25) is 5.91 Å². The van der Waals surface area contributed by atoms with Crippen LogP contribution >= 0.6 is 0 Å². The Balaban J connectivity index is 2.21. The van der Waals surface area contributed by atoms with Crippen molar-refractivity contribution in [3.05, 3.63) is 0 Å². The van der Waals surface area contributed by atoms with Crippen molar-refractivity contribution in [2.75, 3.05) is 19.8 Å². The van der Waals surface area contributed by atoms with E-state index in [2.05, 4.69) is 19.2 Å². The maximum atomic E-state index is 11.5. The molecule has 1 aliphatic heterocycles. The van der Waals surface area contributed by atoms with Crippen molar-refractivity contribution in [3.8, 4) is 0 Å². The highest BCUT2D eigenvalue weighted by molar-refractivity contribution is 5.78. The Bertz CT molecular complexity index is 162. The van der Waals surface area contributed by atoms with Crippen molar-refractivity contribution in [1.82, 2.24) is 5.32 Å². The number of rotatable bonds is 3. The lowest BCUT2D eigenvalue weighted by atomic mass is 9.99. The average Bonchev–Trinajstić information content (AvgIpc) is 2.15. The van der Waals surface area contributed by atoms with E-state index < -0.39 is 0 Å². The van der Waals surface area contributed by atoms with Crippen LogP contribution in [0.15, 0.2) is 0 Å². The van der Waals surface area contributed by atoms with Gasteiger partial charge in [-0.3, -0.25) is 4.79 Å². The lowest BCUT2D eigenvalue weighted by Gasteiger charge is -2.21. The molecule has 1 saturated heterocycles. The fourth-order valence-electron chi connectivity index (χ4n) is 1.41. The second kappa shape index (κ2) is 5.22. The standard InChI is InChI=1S/C10H19NO2/c1-8(2)7-11-10(12)9-3-5-13-6-4-9/h8-9H,3-7H2,1-2H3,(H,11,12). The first kappa shape index (κ1) is 10.5. The summed E-state index contributed by atoms with van der Waals surface area (Å²) in [5.74, 6) is 0.924. The van der Waals surface area contributed by atoms with Gasteiger partial charge in [-0.25, -0.2) is 0 Å². The summed E-state index contributed by atoms with van der Waals surface area (Å²) >= 11 is 0. The minimum atomic E-state index is 0.187. The molecule has 0 bridgehead atoms. The van der Waals surface area contributed by atoms with Gasteiger partial charge in [-0.1, -0.05) is 13.8 Å². The fourth-order valence-corrected chi connectivity index (χ4v) is 1.41. The zero-order valence-corrected chi connectivity index (χ0v) is 8.51. The topological polar surface area (TPSA) is 38.3 Å². The summed E-state index contributed by atoms with van der Waals surface area (Å²) in [7, 11) is 0. The van der Waals surface area contributed by atoms with Gasteiger partial charge in [0.15, 0.2) is 0 Å². The smallest absolute Gasteiger partial charge is 0.223 e. The van der Waals surface area contributed by atoms with Gasteiger partial charge in [-0.15, -0.1) is 0 Å². The number of ether oxygens (including phenoxy) is 1. The van der Waals surface area contributed by atoms with E-state index in [1.165, 1.54) is 0 Å². The van der Waals surface area contributed by atoms with Crippen molar-refractivity contribution in [2.24, 2.45) is 11.8 Å². The molecule has 1 heterocycles. The molecule has 0 aromatic rings. The minimum absolute atomic E-state index is 0.187. The predicted octanol–water partition coefficient (Wildman–Crippen LogP) is 1.19. The third-order valence-corrected chi connectivity index (χ3v) is 2.28. The molecule has 0 atom stereocenters. The monoisotopic (exact) mass is 185 g/mol. The van der Waals surface area contributed by atoms with Gasteiger partial charge in [-0.2, -0.15) is 0 Å². The lowest BCUT2D eigenvalue weighted by molar-refractivity contribution is -0.127. The first-order valence-electron chi connectivity index (χ1n) is 5.05. The maximum absolute atomic E-state index is 11.5. The number of hydrogen-bond acceptors (Lipinski definition) is 2. The van der Waals surface area contributed by atoms with Crippen LogP contribution in [0.2, 0.25) is 0 Å². The second-order valence-corrected chi connectivity index (χ2v) is 4.03. The SMILES string of the molecule is CC(C)CNC(=O)C1CCOCC1. The highest BCUT2D eigenvalue weighted by Crippen LogP contribution is 2.14. The molecule has 1 N–H and O–H groups in total. The number of carbonyl (C=O) groups excluding carboxylic acids is 1. The molecule has 0 unspecified atom stereocenters. The average molecular weight is 185 g/mol. The van der Waals surface area contributed by atoms with Crippen LogP contribution in [0.1, 0.15) is 26.7 Å². The summed E-state index contributed by atoms with van der Waals surface area (Å²) in [6.07, 6.45) is 1.76. The molecule has 0 aliphatic carbocycles. The van der Waals surface area contributed by atoms with Gasteiger partial charge >= 0.3 is 0 Å². The normalized spacial score (nSPS) is 19.0. The van der Waals surface area contributed by atoms with Crippen LogP contribution in [0.5, 0.6) is 0 Å². The molecular weight excluding hydrogens is 166 g/mol. The molecule has 0 aromatic heterocycles. The van der Waals surface area contributed by atoms with Crippen LogP contribution in [0.25, 0.3) is 0 Å². The van der Waals surface area contributed by atoms with Crippen LogP contribution in [-0.2, 0) is 9.53 Å². The molecule has 1 rings (SSSR count). The Morgan fingerprint density at radius 3 is 2.62 bits per heavy atom. The minimum Gasteiger partial charge on any atom is -0.381 e. The van der Waals surface area contributed by atoms with E-state index in [1.54, 1.807) is 0 Å². The van der Waals surface area contributed by atoms with E-state index in [0.717, 1.165) is 32.6 Å². The van der Waals surface area contributed by atoms with Crippen LogP contribution in [0, 0.1) is 11.8 Å². The third kappa shape index (κ3) is 3.77. The summed E-state index contributed by atoms with van der Waals surface area (Å²) in [6.45, 7) is 6.46. The van der Waals surface area contributed by atoms with E-state index in [0.29, 0.717) is 5.92 Å². The Labute approximate surface area is 79.8 Å². The quantitative estimate of drug-likeness (QED) is 0.717. The van der Waals surface area contributed by atoms with Gasteiger partial charge in [0.25, 0.3) is 0 Å². The van der Waals surface area contributed by atoms with E-state index in [1.807, 2.05) is 0 Å². The Kier molecular flexibility index (Phi) is 4.22. The zero-order valence-electron chi connectivity index (χ0n) is 8.51. The highest BCUT2D eigenvalue weighted by Gasteiger charge is 2.20. The number of hydrogen-bond donors (Lipinski definition) is 1. The summed E-state index contributed by atoms with van der Waals surface area (Å²) in [6, 6.07) is 0. The highest BCUT2D eigenvalue weighted by atomic mass is 16.5. The van der Waals surface area contributed by atoms with Crippen LogP contribution in [0.3, 0.4) is 0 Å². The van der Waals surface area contributed by atoms with Crippen molar-refractivity contribution in [3.63, 3.8) is 0 Å². The van der Waals surface area contributed by atoms with E-state index in [-0.39, 0.29) is 11.8 Å². The molecule has 0 radical (unpaired) electrons. The van der Waals surface area contributed by atoms with Crippen LogP contribution < -0.4 is 5.32 Å². The first-order chi connectivity index (χ1) is 6.20. The second-order valence-electron chi connectivity index (χ2n) is 4.03. The van der Waals surface area contributed by atoms with Gasteiger partial charge in [-0.05, 0) is 18.8 Å². The molecule has 3 heteroatoms. The van der Waals surface area contributed by atoms with E-state index >= 15 is 0 Å². The van der Waals surface area contributed by atoms with Crippen molar-refractivity contribution in [2.45, 2.75) is 26.7 Å². The predicted molar refractivity (Wildman–Crippen MR) is 51.4 cm³/mol. The largest absolute Gasteiger partial charge is 0.381 e. The Morgan fingerprint density at radius 2 is 2.08 bits per heavy atom. The summed E-state index contributed by atoms with van der Waals surface area (Å²) in [5.41, 5.74) is 0. The van der Waals surface area contributed by atoms with Crippen LogP contribution in [0.4, 0.5) is 0 Å². The molecule has 13 heavy (non-hydrogen) atoms. The zero-order chi connectivity index (χ0) is 9.68. The van der Waals surface area contributed by atoms with Crippen molar-refractivity contribution < 1.29 is 9.53 Å². The number of nitrogens with one attached hydrogen (secondary N) is 1. The summed E-state index contributed by atoms with van der Waals surface area (Å²) in [4.78, 5) is 11.5. The number of carbonyl (C=O) groups is 1. The molecule has 1 aliphatic rings. The summed E-state index contributed by atoms with van der Waals surface area (Å²) in [5, 5.41) is 2.96. The molecule has 0 aromatic carbocycles. The fraction of sp³-hybridized carbons (Fsp3) is 0.900. The molecule has 76 valence electrons. The van der Waals surface area contributed by atoms with Gasteiger partial charge in [0, 0.05) is 25.7 Å². The molecule has 1 fully saturated rings. The van der Waals surface area contributed by atoms with Crippen molar-refractivity contribution in [1.29, 1.82) is 0 Å².